The van der Waals surface area contributed by atoms with Crippen molar-refractivity contribution in [1.29, 1.82) is 0 Å². The quantitative estimate of drug-likeness (QED) is 0.340. The van der Waals surface area contributed by atoms with Crippen LogP contribution in [-0.2, 0) is 7.05 Å². The topological polar surface area (TPSA) is 4.93 Å². The molecule has 0 fully saturated rings. The first kappa shape index (κ1) is 15.0. The van der Waals surface area contributed by atoms with Crippen molar-refractivity contribution >= 4 is 21.8 Å². The van der Waals surface area contributed by atoms with Gasteiger partial charge in [-0.1, -0.05) is 84.9 Å². The van der Waals surface area contributed by atoms with Gasteiger partial charge in [0.1, 0.15) is 0 Å². The molecule has 0 aliphatic rings. The molecule has 0 N–H and O–H groups in total. The van der Waals surface area contributed by atoms with Crippen molar-refractivity contribution in [2.75, 3.05) is 0 Å². The van der Waals surface area contributed by atoms with Gasteiger partial charge in [0.2, 0.25) is 0 Å². The number of benzene rings is 4. The van der Waals surface area contributed by atoms with E-state index in [4.69, 9.17) is 0 Å². The smallest absolute Gasteiger partial charge is 0.0568 e. The van der Waals surface area contributed by atoms with Crippen LogP contribution in [-0.4, -0.2) is 4.57 Å². The highest BCUT2D eigenvalue weighted by Gasteiger charge is 2.12. The van der Waals surface area contributed by atoms with Crippen molar-refractivity contribution < 1.29 is 0 Å². The van der Waals surface area contributed by atoms with E-state index in [1.54, 1.807) is 0 Å². The molecule has 4 aromatic carbocycles. The zero-order chi connectivity index (χ0) is 17.5. The van der Waals surface area contributed by atoms with Crippen LogP contribution in [0.15, 0.2) is 97.1 Å². The fourth-order valence-corrected chi connectivity index (χ4v) is 3.97. The SMILES string of the molecule is Cn1c2ccccc2c2cccc(-c3cccc(-c4ccccc4)c3)c21. The number of hydrogen-bond donors (Lipinski definition) is 0. The Morgan fingerprint density at radius 1 is 0.538 bits per heavy atom. The highest BCUT2D eigenvalue weighted by atomic mass is 14.9. The van der Waals surface area contributed by atoms with E-state index in [0.717, 1.165) is 0 Å². The maximum Gasteiger partial charge on any atom is 0.0568 e. The number of nitrogens with zero attached hydrogens (tertiary/aromatic N) is 1. The first-order valence-electron chi connectivity index (χ1n) is 8.95. The van der Waals surface area contributed by atoms with Gasteiger partial charge in [-0.2, -0.15) is 0 Å². The van der Waals surface area contributed by atoms with E-state index in [2.05, 4.69) is 109 Å². The summed E-state index contributed by atoms with van der Waals surface area (Å²) < 4.78 is 2.31. The lowest BCUT2D eigenvalue weighted by Gasteiger charge is -2.09. The largest absolute Gasteiger partial charge is 0.343 e. The highest BCUT2D eigenvalue weighted by Crippen LogP contribution is 2.36. The molecule has 1 nitrogen and oxygen atoms in total. The summed E-state index contributed by atoms with van der Waals surface area (Å²) in [7, 11) is 2.16. The number of aryl methyl sites for hydroxylation is 1. The summed E-state index contributed by atoms with van der Waals surface area (Å²) >= 11 is 0. The van der Waals surface area contributed by atoms with Gasteiger partial charge in [0, 0.05) is 28.9 Å². The fraction of sp³-hybridized carbons (Fsp3) is 0.0400. The van der Waals surface area contributed by atoms with E-state index in [1.165, 1.54) is 44.1 Å². The molecule has 0 atom stereocenters. The Morgan fingerprint density at radius 2 is 1.19 bits per heavy atom. The predicted molar refractivity (Wildman–Crippen MR) is 111 cm³/mol. The van der Waals surface area contributed by atoms with Gasteiger partial charge < -0.3 is 4.57 Å². The van der Waals surface area contributed by atoms with E-state index in [0.29, 0.717) is 0 Å². The zero-order valence-electron chi connectivity index (χ0n) is 14.7. The van der Waals surface area contributed by atoms with Gasteiger partial charge >= 0.3 is 0 Å². The minimum absolute atomic E-state index is 1.25. The second-order valence-corrected chi connectivity index (χ2v) is 6.72. The van der Waals surface area contributed by atoms with E-state index < -0.39 is 0 Å². The molecular weight excluding hydrogens is 314 g/mol. The highest BCUT2D eigenvalue weighted by molar-refractivity contribution is 6.12. The summed E-state index contributed by atoms with van der Waals surface area (Å²) in [6.07, 6.45) is 0. The van der Waals surface area contributed by atoms with Crippen molar-refractivity contribution in [2.24, 2.45) is 7.05 Å². The van der Waals surface area contributed by atoms with Crippen LogP contribution in [0.1, 0.15) is 0 Å². The van der Waals surface area contributed by atoms with Crippen LogP contribution in [0.25, 0.3) is 44.1 Å². The molecule has 1 heterocycles. The Morgan fingerprint density at radius 3 is 2.08 bits per heavy atom. The van der Waals surface area contributed by atoms with Crippen LogP contribution in [0.2, 0.25) is 0 Å². The van der Waals surface area contributed by atoms with Crippen molar-refractivity contribution in [1.82, 2.24) is 4.57 Å². The van der Waals surface area contributed by atoms with Crippen LogP contribution in [0.5, 0.6) is 0 Å². The lowest BCUT2D eigenvalue weighted by Crippen LogP contribution is -1.90. The monoisotopic (exact) mass is 333 g/mol. The van der Waals surface area contributed by atoms with E-state index in [9.17, 15) is 0 Å². The number of aromatic nitrogens is 1. The first-order chi connectivity index (χ1) is 12.8. The molecule has 0 aliphatic carbocycles. The standard InChI is InChI=1S/C25H19N/c1-26-24-16-6-5-13-22(24)23-15-8-14-21(25(23)26)20-12-7-11-19(17-20)18-9-3-2-4-10-18/h2-17H,1H3. The van der Waals surface area contributed by atoms with Gasteiger partial charge in [0.15, 0.2) is 0 Å². The first-order valence-corrected chi connectivity index (χ1v) is 8.95. The maximum absolute atomic E-state index is 2.31. The van der Waals surface area contributed by atoms with Crippen molar-refractivity contribution in [3.63, 3.8) is 0 Å². The summed E-state index contributed by atoms with van der Waals surface area (Å²) in [6, 6.07) is 34.6. The summed E-state index contributed by atoms with van der Waals surface area (Å²) in [4.78, 5) is 0. The van der Waals surface area contributed by atoms with E-state index >= 15 is 0 Å². The third-order valence-corrected chi connectivity index (χ3v) is 5.21. The van der Waals surface area contributed by atoms with Gasteiger partial charge in [-0.05, 0) is 28.8 Å². The molecule has 0 radical (unpaired) electrons. The van der Waals surface area contributed by atoms with Crippen LogP contribution >= 0.6 is 0 Å². The average Bonchev–Trinajstić information content (AvgIpc) is 3.02. The normalized spacial score (nSPS) is 11.3. The Hall–Kier alpha value is -3.32. The van der Waals surface area contributed by atoms with Crippen LogP contribution in [0.4, 0.5) is 0 Å². The zero-order valence-corrected chi connectivity index (χ0v) is 14.7. The number of fused-ring (bicyclic) bond motifs is 3. The van der Waals surface area contributed by atoms with Crippen molar-refractivity contribution in [3.05, 3.63) is 97.1 Å². The molecule has 0 amide bonds. The van der Waals surface area contributed by atoms with Crippen molar-refractivity contribution in [2.45, 2.75) is 0 Å². The fourth-order valence-electron chi connectivity index (χ4n) is 3.97. The molecule has 5 aromatic rings. The van der Waals surface area contributed by atoms with Gasteiger partial charge in [-0.25, -0.2) is 0 Å². The third kappa shape index (κ3) is 2.25. The van der Waals surface area contributed by atoms with Crippen molar-refractivity contribution in [3.8, 4) is 22.3 Å². The number of rotatable bonds is 2. The summed E-state index contributed by atoms with van der Waals surface area (Å²) in [6.45, 7) is 0. The molecule has 5 rings (SSSR count). The third-order valence-electron chi connectivity index (χ3n) is 5.21. The van der Waals surface area contributed by atoms with E-state index in [-0.39, 0.29) is 0 Å². The van der Waals surface area contributed by atoms with Gasteiger partial charge in [-0.15, -0.1) is 0 Å². The second kappa shape index (κ2) is 5.89. The Kier molecular flexibility index (Phi) is 3.39. The summed E-state index contributed by atoms with van der Waals surface area (Å²) in [5.74, 6) is 0. The Bertz CT molecular complexity index is 1230. The molecular formula is C25H19N. The molecule has 0 spiro atoms. The summed E-state index contributed by atoms with van der Waals surface area (Å²) in [5.41, 5.74) is 7.59. The molecule has 1 heteroatoms. The average molecular weight is 333 g/mol. The molecule has 0 saturated carbocycles. The molecule has 26 heavy (non-hydrogen) atoms. The van der Waals surface area contributed by atoms with Gasteiger partial charge in [-0.3, -0.25) is 0 Å². The van der Waals surface area contributed by atoms with E-state index in [1.807, 2.05) is 0 Å². The molecule has 0 aliphatic heterocycles. The van der Waals surface area contributed by atoms with Gasteiger partial charge in [0.05, 0.1) is 5.52 Å². The van der Waals surface area contributed by atoms with Gasteiger partial charge in [0.25, 0.3) is 0 Å². The maximum atomic E-state index is 2.31. The molecule has 124 valence electrons. The number of para-hydroxylation sites is 2. The Labute approximate surface area is 153 Å². The molecule has 0 bridgehead atoms. The van der Waals surface area contributed by atoms with Crippen LogP contribution < -0.4 is 0 Å². The second-order valence-electron chi connectivity index (χ2n) is 6.72. The number of hydrogen-bond acceptors (Lipinski definition) is 0. The minimum atomic E-state index is 1.25. The minimum Gasteiger partial charge on any atom is -0.343 e. The lowest BCUT2D eigenvalue weighted by atomic mass is 9.97. The molecule has 0 unspecified atom stereocenters. The molecule has 1 aromatic heterocycles. The lowest BCUT2D eigenvalue weighted by molar-refractivity contribution is 1.02. The van der Waals surface area contributed by atoms with Crippen LogP contribution in [0.3, 0.4) is 0 Å². The predicted octanol–water partition coefficient (Wildman–Crippen LogP) is 6.67. The van der Waals surface area contributed by atoms with Crippen LogP contribution in [0, 0.1) is 0 Å². The molecule has 0 saturated heterocycles. The Balaban J connectivity index is 1.78. The summed E-state index contributed by atoms with van der Waals surface area (Å²) in [5, 5.41) is 2.62.